The summed E-state index contributed by atoms with van der Waals surface area (Å²) in [7, 11) is 0. The maximum Gasteiger partial charge on any atom is 0.213 e. The first-order valence-electron chi connectivity index (χ1n) is 28.9. The van der Waals surface area contributed by atoms with Gasteiger partial charge in [0.15, 0.2) is 0 Å². The van der Waals surface area contributed by atoms with Crippen molar-refractivity contribution < 1.29 is 8.83 Å². The van der Waals surface area contributed by atoms with Gasteiger partial charge in [-0.15, -0.1) is 22.7 Å². The molecule has 0 aliphatic heterocycles. The molecule has 6 aromatic heterocycles. The molecule has 0 aliphatic carbocycles. The lowest BCUT2D eigenvalue weighted by atomic mass is 10.0. The average Bonchev–Trinajstić information content (AvgIpc) is 1.67. The van der Waals surface area contributed by atoms with E-state index in [1.807, 2.05) is 81.9 Å². The second kappa shape index (κ2) is 25.3. The Bertz CT molecular complexity index is 5550. The van der Waals surface area contributed by atoms with E-state index in [0.717, 1.165) is 99.8 Å². The molecule has 89 heavy (non-hydrogen) atoms. The number of furan rings is 2. The van der Waals surface area contributed by atoms with Crippen LogP contribution in [0.4, 0.5) is 17.1 Å². The zero-order valence-electron chi connectivity index (χ0n) is 48.3. The first-order chi connectivity index (χ1) is 44.0. The molecule has 0 fully saturated rings. The van der Waals surface area contributed by atoms with Gasteiger partial charge in [0.25, 0.3) is 0 Å². The Kier molecular flexibility index (Phi) is 16.4. The molecule has 432 valence electrons. The van der Waals surface area contributed by atoms with E-state index < -0.39 is 0 Å². The third kappa shape index (κ3) is 10.8. The van der Waals surface area contributed by atoms with Gasteiger partial charge in [-0.3, -0.25) is 9.13 Å². The number of nitrogens with one attached hydrogen (secondary N) is 1. The normalized spacial score (nSPS) is 11.2. The van der Waals surface area contributed by atoms with Crippen molar-refractivity contribution in [3.05, 3.63) is 284 Å². The van der Waals surface area contributed by atoms with Crippen LogP contribution >= 0.6 is 79.5 Å². The SMILES string of the molecule is CI.CI.Clc1ccc(-c2ccc3c(c2)c2c4ccccc4oc2n3-c2ccccc2)cc1.Nc1cccc2c1sc1ccccc12.c1ccc(-n2c3ccc(-c4ccc(Nc5cccc6c5sc5ccccc56)cc4)cc3c3c4ccccc4oc32)cc1. The van der Waals surface area contributed by atoms with Gasteiger partial charge in [0.1, 0.15) is 11.2 Å². The molecule has 0 saturated heterocycles. The van der Waals surface area contributed by atoms with E-state index in [9.17, 15) is 0 Å². The lowest BCUT2D eigenvalue weighted by Crippen LogP contribution is -1.92. The van der Waals surface area contributed by atoms with Gasteiger partial charge in [0.2, 0.25) is 11.4 Å². The lowest BCUT2D eigenvalue weighted by molar-refractivity contribution is 0.645. The van der Waals surface area contributed by atoms with Crippen molar-refractivity contribution in [2.75, 3.05) is 20.9 Å². The Labute approximate surface area is 554 Å². The zero-order chi connectivity index (χ0) is 60.5. The zero-order valence-corrected chi connectivity index (χ0v) is 55.0. The second-order valence-electron chi connectivity index (χ2n) is 21.2. The van der Waals surface area contributed by atoms with Crippen molar-refractivity contribution in [2.24, 2.45) is 0 Å². The van der Waals surface area contributed by atoms with Gasteiger partial charge in [0.05, 0.1) is 36.9 Å². The molecule has 12 aromatic carbocycles. The van der Waals surface area contributed by atoms with Crippen LogP contribution in [0.5, 0.6) is 0 Å². The molecule has 11 heteroatoms. The third-order valence-electron chi connectivity index (χ3n) is 16.1. The van der Waals surface area contributed by atoms with Gasteiger partial charge in [-0.05, 0) is 141 Å². The van der Waals surface area contributed by atoms with Crippen LogP contribution in [0.25, 0.3) is 140 Å². The Hall–Kier alpha value is -8.89. The molecule has 6 heterocycles. The summed E-state index contributed by atoms with van der Waals surface area (Å²) >= 11 is 14.0. The van der Waals surface area contributed by atoms with E-state index in [1.54, 1.807) is 11.3 Å². The number of nitrogens with two attached hydrogens (primary N) is 1. The van der Waals surface area contributed by atoms with Crippen LogP contribution in [0.15, 0.2) is 288 Å². The molecule has 6 nitrogen and oxygen atoms in total. The fraction of sp³-hybridized carbons (Fsp3) is 0.0256. The van der Waals surface area contributed by atoms with Crippen LogP contribution in [0.2, 0.25) is 5.02 Å². The van der Waals surface area contributed by atoms with Crippen LogP contribution in [-0.4, -0.2) is 19.0 Å². The smallest absolute Gasteiger partial charge is 0.213 e. The number of anilines is 3. The highest BCUT2D eigenvalue weighted by molar-refractivity contribution is 14.1. The number of para-hydroxylation sites is 4. The molecule has 0 unspecified atom stereocenters. The van der Waals surface area contributed by atoms with E-state index in [1.165, 1.54) is 62.2 Å². The average molecular weight is 1430 g/mol. The van der Waals surface area contributed by atoms with Crippen molar-refractivity contribution in [1.29, 1.82) is 0 Å². The Morgan fingerprint density at radius 1 is 0.371 bits per heavy atom. The van der Waals surface area contributed by atoms with E-state index in [-0.39, 0.29) is 0 Å². The number of thiophene rings is 2. The number of benzene rings is 12. The van der Waals surface area contributed by atoms with Gasteiger partial charge in [-0.1, -0.05) is 227 Å². The van der Waals surface area contributed by atoms with Crippen molar-refractivity contribution in [3.8, 4) is 33.6 Å². The van der Waals surface area contributed by atoms with Crippen LogP contribution in [0.1, 0.15) is 0 Å². The van der Waals surface area contributed by atoms with Crippen LogP contribution < -0.4 is 11.1 Å². The van der Waals surface area contributed by atoms with Gasteiger partial charge in [0, 0.05) is 80.3 Å². The topological polar surface area (TPSA) is 74.2 Å². The van der Waals surface area contributed by atoms with Gasteiger partial charge in [-0.25, -0.2) is 0 Å². The fourth-order valence-corrected chi connectivity index (χ4v) is 14.6. The minimum Gasteiger partial charge on any atom is -0.439 e. The third-order valence-corrected chi connectivity index (χ3v) is 18.8. The number of aromatic nitrogens is 2. The summed E-state index contributed by atoms with van der Waals surface area (Å²) < 4.78 is 22.3. The molecular formula is C78H55ClI2N4O2S2. The quantitative estimate of drug-likeness (QED) is 0.0988. The van der Waals surface area contributed by atoms with Crippen molar-refractivity contribution in [1.82, 2.24) is 9.13 Å². The largest absolute Gasteiger partial charge is 0.439 e. The highest BCUT2D eigenvalue weighted by atomic mass is 127. The molecule has 18 rings (SSSR count). The Morgan fingerprint density at radius 2 is 0.775 bits per heavy atom. The number of hydrogen-bond donors (Lipinski definition) is 2. The minimum absolute atomic E-state index is 0.744. The van der Waals surface area contributed by atoms with Crippen molar-refractivity contribution >= 4 is 203 Å². The summed E-state index contributed by atoms with van der Waals surface area (Å²) in [5, 5.41) is 16.5. The molecule has 0 atom stereocenters. The molecule has 0 saturated carbocycles. The summed E-state index contributed by atoms with van der Waals surface area (Å²) in [6.07, 6.45) is 0. The number of rotatable bonds is 6. The Morgan fingerprint density at radius 3 is 1.29 bits per heavy atom. The van der Waals surface area contributed by atoms with Crippen molar-refractivity contribution in [2.45, 2.75) is 0 Å². The first-order valence-corrected chi connectivity index (χ1v) is 35.3. The molecule has 3 N–H and O–H groups in total. The number of hydrogen-bond acceptors (Lipinski definition) is 6. The number of nitrogens with zero attached hydrogens (tertiary/aromatic N) is 2. The predicted octanol–water partition coefficient (Wildman–Crippen LogP) is 24.9. The van der Waals surface area contributed by atoms with Gasteiger partial charge < -0.3 is 19.9 Å². The first kappa shape index (κ1) is 57.8. The van der Waals surface area contributed by atoms with E-state index in [2.05, 4.69) is 278 Å². The molecule has 0 amide bonds. The molecule has 0 aliphatic rings. The number of nitrogen functional groups attached to an aromatic ring is 1. The number of alkyl halides is 2. The summed E-state index contributed by atoms with van der Waals surface area (Å²) in [5.74, 6) is 0. The van der Waals surface area contributed by atoms with Crippen LogP contribution in [-0.2, 0) is 0 Å². The molecule has 0 bridgehead atoms. The minimum atomic E-state index is 0.744. The van der Waals surface area contributed by atoms with E-state index in [4.69, 9.17) is 26.2 Å². The molecule has 0 spiro atoms. The lowest BCUT2D eigenvalue weighted by Gasteiger charge is -2.10. The summed E-state index contributed by atoms with van der Waals surface area (Å²) in [6, 6.07) is 97.0. The van der Waals surface area contributed by atoms with Gasteiger partial charge in [-0.2, -0.15) is 0 Å². The van der Waals surface area contributed by atoms with Crippen molar-refractivity contribution in [3.63, 3.8) is 0 Å². The standard InChI is InChI=1S/C38H24N2OS.C26H16ClNO.C12H9NS.2CH3I/c1-2-9-27(10-3-1)40-33-22-19-25(23-31(33)36-30-12-4-6-15-34(30)41-38(36)40)24-17-20-26(21-18-24)39-32-14-8-13-29-28-11-5-7-16-35(28)42-37(29)32;27-19-13-10-17(11-14-19)18-12-15-23-22(16-18)25-21-8-4-5-9-24(21)29-26(25)28(23)20-6-2-1-3-7-20;13-10-6-3-5-9-8-4-1-2-7-11(8)14-12(9)10;2*1-2/h1-23,39H;1-16H;1-7H,13H2;2*1H3. The molecule has 0 radical (unpaired) electrons. The second-order valence-corrected chi connectivity index (χ2v) is 23.7. The predicted molar refractivity (Wildman–Crippen MR) is 403 cm³/mol. The summed E-state index contributed by atoms with van der Waals surface area (Å²) in [5.41, 5.74) is 21.7. The monoisotopic (exact) mass is 1430 g/mol. The highest BCUT2D eigenvalue weighted by Gasteiger charge is 2.22. The Balaban J connectivity index is 0.000000127. The number of fused-ring (bicyclic) bond motifs is 16. The van der Waals surface area contributed by atoms with Crippen LogP contribution in [0, 0.1) is 0 Å². The molecular weight excluding hydrogens is 1380 g/mol. The fourth-order valence-electron chi connectivity index (χ4n) is 12.2. The highest BCUT2D eigenvalue weighted by Crippen LogP contribution is 2.44. The van der Waals surface area contributed by atoms with E-state index in [0.29, 0.717) is 0 Å². The summed E-state index contributed by atoms with van der Waals surface area (Å²) in [6.45, 7) is 0. The maximum atomic E-state index is 6.45. The number of halogens is 3. The van der Waals surface area contributed by atoms with E-state index >= 15 is 0 Å². The van der Waals surface area contributed by atoms with Gasteiger partial charge >= 0.3 is 0 Å². The maximum absolute atomic E-state index is 6.45. The summed E-state index contributed by atoms with van der Waals surface area (Å²) in [4.78, 5) is 3.94. The molecule has 18 aromatic rings. The van der Waals surface area contributed by atoms with Crippen LogP contribution in [0.3, 0.4) is 0 Å².